The summed E-state index contributed by atoms with van der Waals surface area (Å²) in [6.45, 7) is 1.17. The van der Waals surface area contributed by atoms with Gasteiger partial charge in [0, 0.05) is 18.2 Å². The van der Waals surface area contributed by atoms with Gasteiger partial charge in [0.05, 0.1) is 18.8 Å². The van der Waals surface area contributed by atoms with Crippen LogP contribution in [0.3, 0.4) is 0 Å². The van der Waals surface area contributed by atoms with Crippen molar-refractivity contribution in [3.05, 3.63) is 28.8 Å². The molecule has 1 amide bonds. The summed E-state index contributed by atoms with van der Waals surface area (Å²) in [5.74, 6) is -0.481. The van der Waals surface area contributed by atoms with Gasteiger partial charge in [-0.1, -0.05) is 11.6 Å². The van der Waals surface area contributed by atoms with Crippen LogP contribution in [0.2, 0.25) is 5.02 Å². The van der Waals surface area contributed by atoms with Gasteiger partial charge in [-0.05, 0) is 24.6 Å². The highest BCUT2D eigenvalue weighted by Gasteiger charge is 2.10. The van der Waals surface area contributed by atoms with Crippen LogP contribution >= 0.6 is 11.6 Å². The van der Waals surface area contributed by atoms with Gasteiger partial charge < -0.3 is 20.3 Å². The summed E-state index contributed by atoms with van der Waals surface area (Å²) in [5, 5.41) is 21.0. The molecule has 0 fully saturated rings. The lowest BCUT2D eigenvalue weighted by atomic mass is 10.2. The zero-order valence-electron chi connectivity index (χ0n) is 9.86. The highest BCUT2D eigenvalue weighted by molar-refractivity contribution is 6.31. The molecular formula is C12H16ClNO4. The first-order valence-corrected chi connectivity index (χ1v) is 5.98. The van der Waals surface area contributed by atoms with E-state index in [-0.39, 0.29) is 23.8 Å². The Kier molecular flexibility index (Phi) is 6.49. The molecule has 1 aromatic carbocycles. The van der Waals surface area contributed by atoms with Crippen LogP contribution in [0.25, 0.3) is 0 Å². The Balaban J connectivity index is 2.34. The Bertz CT molecular complexity index is 398. The molecule has 3 N–H and O–H groups in total. The Labute approximate surface area is 110 Å². The van der Waals surface area contributed by atoms with Crippen LogP contribution in [0.4, 0.5) is 0 Å². The number of ether oxygens (including phenoxy) is 1. The summed E-state index contributed by atoms with van der Waals surface area (Å²) in [6.07, 6.45) is 0.632. The highest BCUT2D eigenvalue weighted by atomic mass is 35.5. The van der Waals surface area contributed by atoms with E-state index in [0.29, 0.717) is 31.2 Å². The second-order valence-corrected chi connectivity index (χ2v) is 4.04. The fraction of sp³-hybridized carbons (Fsp3) is 0.417. The van der Waals surface area contributed by atoms with E-state index in [9.17, 15) is 9.90 Å². The average Bonchev–Trinajstić information content (AvgIpc) is 2.36. The number of aliphatic hydroxyl groups excluding tert-OH is 1. The van der Waals surface area contributed by atoms with Crippen molar-refractivity contribution < 1.29 is 19.7 Å². The summed E-state index contributed by atoms with van der Waals surface area (Å²) in [5.41, 5.74) is 0.152. The second-order valence-electron chi connectivity index (χ2n) is 3.61. The lowest BCUT2D eigenvalue weighted by Crippen LogP contribution is -2.25. The molecule has 0 aliphatic heterocycles. The zero-order chi connectivity index (χ0) is 13.4. The minimum absolute atomic E-state index is 0.0112. The fourth-order valence-electron chi connectivity index (χ4n) is 1.33. The minimum atomic E-state index is -0.378. The number of hydrogen-bond donors (Lipinski definition) is 3. The number of nitrogens with one attached hydrogen (secondary N) is 1. The molecule has 100 valence electrons. The number of amides is 1. The van der Waals surface area contributed by atoms with Crippen LogP contribution in [0.1, 0.15) is 16.8 Å². The lowest BCUT2D eigenvalue weighted by Gasteiger charge is -2.07. The Morgan fingerprint density at radius 3 is 2.89 bits per heavy atom. The molecule has 0 aromatic heterocycles. The van der Waals surface area contributed by atoms with Crippen LogP contribution in [0.15, 0.2) is 18.2 Å². The summed E-state index contributed by atoms with van der Waals surface area (Å²) >= 11 is 5.74. The number of phenolic OH excluding ortho intramolecular Hbond substituents is 1. The first kappa shape index (κ1) is 14.8. The summed E-state index contributed by atoms with van der Waals surface area (Å²) < 4.78 is 5.04. The molecule has 6 heteroatoms. The first-order chi connectivity index (χ1) is 8.65. The second kappa shape index (κ2) is 7.92. The standard InChI is InChI=1S/C12H16ClNO4/c13-9-2-3-11(16)10(8-9)12(17)14-4-1-6-18-7-5-15/h2-3,8,15-16H,1,4-7H2,(H,14,17). The molecule has 0 atom stereocenters. The molecule has 0 radical (unpaired) electrons. The molecule has 1 aromatic rings. The number of rotatable bonds is 7. The smallest absolute Gasteiger partial charge is 0.255 e. The maximum Gasteiger partial charge on any atom is 0.255 e. The fourth-order valence-corrected chi connectivity index (χ4v) is 1.50. The number of benzene rings is 1. The molecule has 0 heterocycles. The van der Waals surface area contributed by atoms with Crippen molar-refractivity contribution >= 4 is 17.5 Å². The molecule has 0 aliphatic carbocycles. The molecule has 18 heavy (non-hydrogen) atoms. The molecule has 0 saturated heterocycles. The van der Waals surface area contributed by atoms with E-state index in [1.165, 1.54) is 18.2 Å². The molecule has 0 saturated carbocycles. The number of aliphatic hydroxyl groups is 1. The van der Waals surface area contributed by atoms with E-state index < -0.39 is 0 Å². The maximum atomic E-state index is 11.7. The van der Waals surface area contributed by atoms with E-state index in [1.54, 1.807) is 0 Å². The molecule has 1 rings (SSSR count). The van der Waals surface area contributed by atoms with E-state index in [1.807, 2.05) is 0 Å². The van der Waals surface area contributed by atoms with Gasteiger partial charge in [0.2, 0.25) is 0 Å². The zero-order valence-corrected chi connectivity index (χ0v) is 10.6. The molecule has 0 unspecified atom stereocenters. The van der Waals surface area contributed by atoms with Gasteiger partial charge >= 0.3 is 0 Å². The van der Waals surface area contributed by atoms with Crippen molar-refractivity contribution in [1.82, 2.24) is 5.32 Å². The van der Waals surface area contributed by atoms with Crippen LogP contribution in [-0.4, -0.2) is 42.5 Å². The highest BCUT2D eigenvalue weighted by Crippen LogP contribution is 2.21. The van der Waals surface area contributed by atoms with Crippen molar-refractivity contribution in [2.24, 2.45) is 0 Å². The molecule has 0 spiro atoms. The number of halogens is 1. The Morgan fingerprint density at radius 1 is 1.39 bits per heavy atom. The van der Waals surface area contributed by atoms with Crippen molar-refractivity contribution in [2.75, 3.05) is 26.4 Å². The van der Waals surface area contributed by atoms with Crippen molar-refractivity contribution in [1.29, 1.82) is 0 Å². The third kappa shape index (κ3) is 4.91. The minimum Gasteiger partial charge on any atom is -0.507 e. The Morgan fingerprint density at radius 2 is 2.17 bits per heavy atom. The largest absolute Gasteiger partial charge is 0.507 e. The topological polar surface area (TPSA) is 78.8 Å². The normalized spacial score (nSPS) is 10.3. The first-order valence-electron chi connectivity index (χ1n) is 5.60. The van der Waals surface area contributed by atoms with Gasteiger partial charge in [-0.15, -0.1) is 0 Å². The summed E-state index contributed by atoms with van der Waals surface area (Å²) in [6, 6.07) is 4.30. The number of phenols is 1. The van der Waals surface area contributed by atoms with Gasteiger partial charge in [0.25, 0.3) is 5.91 Å². The maximum absolute atomic E-state index is 11.7. The number of aromatic hydroxyl groups is 1. The third-order valence-electron chi connectivity index (χ3n) is 2.19. The number of carbonyl (C=O) groups is 1. The molecule has 0 aliphatic rings. The van der Waals surface area contributed by atoms with E-state index in [4.69, 9.17) is 21.4 Å². The molecular weight excluding hydrogens is 258 g/mol. The Hall–Kier alpha value is -1.30. The predicted molar refractivity (Wildman–Crippen MR) is 68.0 cm³/mol. The van der Waals surface area contributed by atoms with Gasteiger partial charge in [-0.25, -0.2) is 0 Å². The van der Waals surface area contributed by atoms with Gasteiger partial charge in [-0.3, -0.25) is 4.79 Å². The van der Waals surface area contributed by atoms with E-state index in [2.05, 4.69) is 5.32 Å². The summed E-state index contributed by atoms with van der Waals surface area (Å²) in [4.78, 5) is 11.7. The number of hydrogen-bond acceptors (Lipinski definition) is 4. The number of carbonyl (C=O) groups excluding carboxylic acids is 1. The van der Waals surface area contributed by atoms with Crippen molar-refractivity contribution in [3.8, 4) is 5.75 Å². The van der Waals surface area contributed by atoms with E-state index in [0.717, 1.165) is 0 Å². The third-order valence-corrected chi connectivity index (χ3v) is 2.42. The van der Waals surface area contributed by atoms with Crippen LogP contribution in [-0.2, 0) is 4.74 Å². The average molecular weight is 274 g/mol. The van der Waals surface area contributed by atoms with Crippen LogP contribution in [0, 0.1) is 0 Å². The van der Waals surface area contributed by atoms with Crippen LogP contribution in [0.5, 0.6) is 5.75 Å². The SMILES string of the molecule is O=C(NCCCOCCO)c1cc(Cl)ccc1O. The van der Waals surface area contributed by atoms with Crippen molar-refractivity contribution in [2.45, 2.75) is 6.42 Å². The lowest BCUT2D eigenvalue weighted by molar-refractivity contribution is 0.0866. The quantitative estimate of drug-likeness (QED) is 0.652. The molecule has 0 bridgehead atoms. The van der Waals surface area contributed by atoms with Gasteiger partial charge in [0.15, 0.2) is 0 Å². The van der Waals surface area contributed by atoms with Crippen LogP contribution < -0.4 is 5.32 Å². The van der Waals surface area contributed by atoms with Crippen molar-refractivity contribution in [3.63, 3.8) is 0 Å². The van der Waals surface area contributed by atoms with E-state index >= 15 is 0 Å². The monoisotopic (exact) mass is 273 g/mol. The predicted octanol–water partition coefficient (Wildman–Crippen LogP) is 1.17. The summed E-state index contributed by atoms with van der Waals surface area (Å²) in [7, 11) is 0. The van der Waals surface area contributed by atoms with Gasteiger partial charge in [-0.2, -0.15) is 0 Å². The molecule has 5 nitrogen and oxygen atoms in total. The van der Waals surface area contributed by atoms with Gasteiger partial charge in [0.1, 0.15) is 5.75 Å².